The molecule has 2 aromatic rings. The Morgan fingerprint density at radius 3 is 2.95 bits per heavy atom. The molecule has 0 aliphatic rings. The highest BCUT2D eigenvalue weighted by Gasteiger charge is 2.13. The number of carbonyl (C=O) groups excluding carboxylic acids is 1. The number of hydrogen-bond acceptors (Lipinski definition) is 4. The van der Waals surface area contributed by atoms with Gasteiger partial charge in [-0.25, -0.2) is 4.98 Å². The summed E-state index contributed by atoms with van der Waals surface area (Å²) in [5, 5.41) is 12.5. The molecule has 0 atom stereocenters. The Balaban J connectivity index is 2.03. The van der Waals surface area contributed by atoms with E-state index in [1.54, 1.807) is 31.3 Å². The van der Waals surface area contributed by atoms with E-state index in [1.807, 2.05) is 6.92 Å². The summed E-state index contributed by atoms with van der Waals surface area (Å²) in [6.07, 6.45) is 2.41. The molecule has 0 saturated carbocycles. The predicted octanol–water partition coefficient (Wildman–Crippen LogP) is 2.18. The van der Waals surface area contributed by atoms with Gasteiger partial charge < -0.3 is 14.8 Å². The van der Waals surface area contributed by atoms with Crippen LogP contribution >= 0.6 is 0 Å². The lowest BCUT2D eigenvalue weighted by molar-refractivity contribution is 0.0944. The van der Waals surface area contributed by atoms with Gasteiger partial charge in [0.25, 0.3) is 5.91 Å². The smallest absolute Gasteiger partial charge is 0.255 e. The topological polar surface area (TPSA) is 75.4 Å². The number of nitrogens with one attached hydrogen (secondary N) is 1. The Morgan fingerprint density at radius 2 is 2.26 bits per heavy atom. The highest BCUT2D eigenvalue weighted by atomic mass is 16.4. The minimum Gasteiger partial charge on any atom is -0.507 e. The van der Waals surface area contributed by atoms with Gasteiger partial charge in [-0.2, -0.15) is 0 Å². The molecule has 100 valence electrons. The molecule has 19 heavy (non-hydrogen) atoms. The van der Waals surface area contributed by atoms with Crippen LogP contribution in [0.3, 0.4) is 0 Å². The number of benzene rings is 1. The summed E-state index contributed by atoms with van der Waals surface area (Å²) < 4.78 is 5.38. The quantitative estimate of drug-likeness (QED) is 0.883. The standard InChI is InChI=1S/C14H16N2O3/c1-3-10-7-15-12(19-10)8-16-14(18)11-6-4-5-9(2)13(11)17/h4-7,17H,3,8H2,1-2H3,(H,16,18). The maximum Gasteiger partial charge on any atom is 0.255 e. The van der Waals surface area contributed by atoms with Crippen LogP contribution in [0.4, 0.5) is 0 Å². The average molecular weight is 260 g/mol. The number of oxazole rings is 1. The zero-order chi connectivity index (χ0) is 13.8. The van der Waals surface area contributed by atoms with Crippen LogP contribution in [0, 0.1) is 6.92 Å². The van der Waals surface area contributed by atoms with Crippen molar-refractivity contribution in [3.63, 3.8) is 0 Å². The number of hydrogen-bond donors (Lipinski definition) is 2. The normalized spacial score (nSPS) is 10.4. The number of aromatic hydroxyl groups is 1. The molecule has 0 fully saturated rings. The molecule has 0 saturated heterocycles. The lowest BCUT2D eigenvalue weighted by Crippen LogP contribution is -2.23. The zero-order valence-corrected chi connectivity index (χ0v) is 10.9. The van der Waals surface area contributed by atoms with Gasteiger partial charge in [0.15, 0.2) is 0 Å². The maximum atomic E-state index is 11.9. The van der Waals surface area contributed by atoms with Crippen LogP contribution in [0.2, 0.25) is 0 Å². The molecular formula is C14H16N2O3. The Labute approximate surface area is 111 Å². The number of aryl methyl sites for hydroxylation is 2. The number of phenols is 1. The van der Waals surface area contributed by atoms with Crippen molar-refractivity contribution < 1.29 is 14.3 Å². The lowest BCUT2D eigenvalue weighted by atomic mass is 10.1. The SMILES string of the molecule is CCc1cnc(CNC(=O)c2cccc(C)c2O)o1. The number of aromatic nitrogens is 1. The van der Waals surface area contributed by atoms with E-state index in [0.29, 0.717) is 11.5 Å². The van der Waals surface area contributed by atoms with E-state index in [-0.39, 0.29) is 23.8 Å². The monoisotopic (exact) mass is 260 g/mol. The van der Waals surface area contributed by atoms with Gasteiger partial charge in [-0.3, -0.25) is 4.79 Å². The van der Waals surface area contributed by atoms with Gasteiger partial charge in [-0.1, -0.05) is 19.1 Å². The molecule has 5 heteroatoms. The molecule has 0 spiro atoms. The fourth-order valence-corrected chi connectivity index (χ4v) is 1.69. The van der Waals surface area contributed by atoms with Crippen LogP contribution in [0.15, 0.2) is 28.8 Å². The van der Waals surface area contributed by atoms with Crippen molar-refractivity contribution in [1.82, 2.24) is 10.3 Å². The third kappa shape index (κ3) is 2.93. The van der Waals surface area contributed by atoms with E-state index in [4.69, 9.17) is 4.42 Å². The van der Waals surface area contributed by atoms with Crippen LogP contribution in [-0.2, 0) is 13.0 Å². The molecule has 0 aliphatic carbocycles. The minimum absolute atomic E-state index is 0.00153. The molecule has 0 bridgehead atoms. The summed E-state index contributed by atoms with van der Waals surface area (Å²) in [7, 11) is 0. The highest BCUT2D eigenvalue weighted by Crippen LogP contribution is 2.21. The Hall–Kier alpha value is -2.30. The second kappa shape index (κ2) is 5.56. The number of carbonyl (C=O) groups is 1. The molecule has 0 unspecified atom stereocenters. The first-order valence-electron chi connectivity index (χ1n) is 6.12. The fraction of sp³-hybridized carbons (Fsp3) is 0.286. The molecule has 1 heterocycles. The second-order valence-electron chi connectivity index (χ2n) is 4.23. The number of phenolic OH excluding ortho intramolecular Hbond substituents is 1. The summed E-state index contributed by atoms with van der Waals surface area (Å²) >= 11 is 0. The van der Waals surface area contributed by atoms with Gasteiger partial charge in [0.1, 0.15) is 11.5 Å². The molecule has 1 amide bonds. The third-order valence-corrected chi connectivity index (χ3v) is 2.83. The van der Waals surface area contributed by atoms with Crippen LogP contribution < -0.4 is 5.32 Å². The summed E-state index contributed by atoms with van der Waals surface area (Å²) in [6, 6.07) is 5.04. The molecule has 2 N–H and O–H groups in total. The molecule has 0 aliphatic heterocycles. The molecule has 2 rings (SSSR count). The first-order chi connectivity index (χ1) is 9.11. The highest BCUT2D eigenvalue weighted by molar-refractivity contribution is 5.97. The molecular weight excluding hydrogens is 244 g/mol. The van der Waals surface area contributed by atoms with Crippen molar-refractivity contribution in [2.75, 3.05) is 0 Å². The number of amides is 1. The molecule has 0 radical (unpaired) electrons. The molecule has 1 aromatic heterocycles. The lowest BCUT2D eigenvalue weighted by Gasteiger charge is -2.06. The van der Waals surface area contributed by atoms with Gasteiger partial charge in [-0.15, -0.1) is 0 Å². The van der Waals surface area contributed by atoms with Gasteiger partial charge >= 0.3 is 0 Å². The van der Waals surface area contributed by atoms with E-state index in [2.05, 4.69) is 10.3 Å². The summed E-state index contributed by atoms with van der Waals surface area (Å²) in [5.41, 5.74) is 0.916. The van der Waals surface area contributed by atoms with Gasteiger partial charge in [0.2, 0.25) is 5.89 Å². The molecule has 1 aromatic carbocycles. The van der Waals surface area contributed by atoms with E-state index >= 15 is 0 Å². The van der Waals surface area contributed by atoms with Crippen molar-refractivity contribution in [3.05, 3.63) is 47.2 Å². The summed E-state index contributed by atoms with van der Waals surface area (Å²) in [6.45, 7) is 3.91. The van der Waals surface area contributed by atoms with Crippen LogP contribution in [0.1, 0.15) is 34.5 Å². The van der Waals surface area contributed by atoms with Crippen LogP contribution in [0.25, 0.3) is 0 Å². The average Bonchev–Trinajstić information content (AvgIpc) is 2.87. The number of rotatable bonds is 4. The number of nitrogens with zero attached hydrogens (tertiary/aromatic N) is 1. The predicted molar refractivity (Wildman–Crippen MR) is 69.9 cm³/mol. The van der Waals surface area contributed by atoms with E-state index < -0.39 is 0 Å². The van der Waals surface area contributed by atoms with Crippen molar-refractivity contribution in [1.29, 1.82) is 0 Å². The first kappa shape index (κ1) is 13.1. The van der Waals surface area contributed by atoms with Crippen molar-refractivity contribution >= 4 is 5.91 Å². The third-order valence-electron chi connectivity index (χ3n) is 2.83. The first-order valence-corrected chi connectivity index (χ1v) is 6.12. The zero-order valence-electron chi connectivity index (χ0n) is 10.9. The second-order valence-corrected chi connectivity index (χ2v) is 4.23. The van der Waals surface area contributed by atoms with Crippen LogP contribution in [-0.4, -0.2) is 16.0 Å². The maximum absolute atomic E-state index is 11.9. The van der Waals surface area contributed by atoms with Gasteiger partial charge in [-0.05, 0) is 18.6 Å². The van der Waals surface area contributed by atoms with Gasteiger partial charge in [0.05, 0.1) is 18.3 Å². The van der Waals surface area contributed by atoms with E-state index in [1.165, 1.54) is 0 Å². The van der Waals surface area contributed by atoms with Crippen molar-refractivity contribution in [2.45, 2.75) is 26.8 Å². The van der Waals surface area contributed by atoms with Gasteiger partial charge in [0, 0.05) is 6.42 Å². The fourth-order valence-electron chi connectivity index (χ4n) is 1.69. The van der Waals surface area contributed by atoms with Crippen LogP contribution in [0.5, 0.6) is 5.75 Å². The Morgan fingerprint density at radius 1 is 1.47 bits per heavy atom. The Kier molecular flexibility index (Phi) is 3.85. The molecule has 5 nitrogen and oxygen atoms in total. The summed E-state index contributed by atoms with van der Waals surface area (Å²) in [5.74, 6) is 0.888. The van der Waals surface area contributed by atoms with E-state index in [0.717, 1.165) is 12.2 Å². The summed E-state index contributed by atoms with van der Waals surface area (Å²) in [4.78, 5) is 16.0. The van der Waals surface area contributed by atoms with Crippen molar-refractivity contribution in [2.24, 2.45) is 0 Å². The van der Waals surface area contributed by atoms with Crippen molar-refractivity contribution in [3.8, 4) is 5.75 Å². The Bertz CT molecular complexity index is 590. The van der Waals surface area contributed by atoms with E-state index in [9.17, 15) is 9.90 Å². The minimum atomic E-state index is -0.350. The largest absolute Gasteiger partial charge is 0.507 e. The number of para-hydroxylation sites is 1.